The van der Waals surface area contributed by atoms with Gasteiger partial charge in [-0.3, -0.25) is 4.79 Å². The summed E-state index contributed by atoms with van der Waals surface area (Å²) in [5.74, 6) is 1.01. The smallest absolute Gasteiger partial charge is 0.234 e. The Balaban J connectivity index is 1.76. The zero-order chi connectivity index (χ0) is 15.6. The summed E-state index contributed by atoms with van der Waals surface area (Å²) >= 11 is 0. The molecule has 1 saturated heterocycles. The minimum atomic E-state index is -0.00700. The third kappa shape index (κ3) is 5.61. The number of anilines is 1. The predicted octanol–water partition coefficient (Wildman–Crippen LogP) is 0.924. The minimum absolute atomic E-state index is 0.00700. The first kappa shape index (κ1) is 16.7. The number of nitrogens with zero attached hydrogens (tertiary/aromatic N) is 2. The van der Waals surface area contributed by atoms with Crippen LogP contribution >= 0.6 is 0 Å². The van der Waals surface area contributed by atoms with E-state index in [0.717, 1.165) is 24.5 Å². The first-order valence-electron chi connectivity index (χ1n) is 7.96. The van der Waals surface area contributed by atoms with Gasteiger partial charge in [0, 0.05) is 39.5 Å². The largest absolute Gasteiger partial charge is 0.383 e. The third-order valence-electron chi connectivity index (χ3n) is 3.75. The minimum Gasteiger partial charge on any atom is -0.383 e. The van der Waals surface area contributed by atoms with Crippen molar-refractivity contribution in [2.75, 3.05) is 44.8 Å². The standard InChI is InChI=1S/C16H26N4O2/c1-22-10-7-17-13-16(21)19-12-14-5-6-18-15(11-14)20-8-3-2-4-9-20/h5-6,11,17H,2-4,7-10,12-13H2,1H3,(H,19,21). The van der Waals surface area contributed by atoms with Crippen molar-refractivity contribution in [1.29, 1.82) is 0 Å². The molecule has 1 aromatic heterocycles. The molecule has 1 amide bonds. The molecule has 22 heavy (non-hydrogen) atoms. The number of ether oxygens (including phenoxy) is 1. The zero-order valence-corrected chi connectivity index (χ0v) is 13.3. The van der Waals surface area contributed by atoms with E-state index in [0.29, 0.717) is 26.2 Å². The molecule has 0 saturated carbocycles. The number of rotatable bonds is 8. The summed E-state index contributed by atoms with van der Waals surface area (Å²) in [5.41, 5.74) is 1.08. The van der Waals surface area contributed by atoms with Crippen molar-refractivity contribution in [1.82, 2.24) is 15.6 Å². The molecule has 0 aliphatic carbocycles. The van der Waals surface area contributed by atoms with Crippen LogP contribution in [0.2, 0.25) is 0 Å². The average Bonchev–Trinajstić information content (AvgIpc) is 2.58. The molecule has 1 aliphatic rings. The summed E-state index contributed by atoms with van der Waals surface area (Å²) in [6.07, 6.45) is 5.59. The Labute approximate surface area is 132 Å². The van der Waals surface area contributed by atoms with E-state index >= 15 is 0 Å². The monoisotopic (exact) mass is 306 g/mol. The molecule has 1 fully saturated rings. The van der Waals surface area contributed by atoms with Gasteiger partial charge in [0.25, 0.3) is 0 Å². The molecule has 2 heterocycles. The molecule has 2 rings (SSSR count). The lowest BCUT2D eigenvalue weighted by Crippen LogP contribution is -2.35. The van der Waals surface area contributed by atoms with Crippen molar-refractivity contribution in [3.05, 3.63) is 23.9 Å². The van der Waals surface area contributed by atoms with Crippen LogP contribution in [0.25, 0.3) is 0 Å². The molecule has 6 heteroatoms. The molecule has 0 unspecified atom stereocenters. The fraction of sp³-hybridized carbons (Fsp3) is 0.625. The van der Waals surface area contributed by atoms with Crippen LogP contribution in [0.4, 0.5) is 5.82 Å². The predicted molar refractivity (Wildman–Crippen MR) is 86.9 cm³/mol. The van der Waals surface area contributed by atoms with Gasteiger partial charge in [0.05, 0.1) is 13.2 Å². The van der Waals surface area contributed by atoms with E-state index in [1.807, 2.05) is 12.3 Å². The summed E-state index contributed by atoms with van der Waals surface area (Å²) < 4.78 is 4.92. The number of pyridine rings is 1. The number of hydrogen-bond acceptors (Lipinski definition) is 5. The molecule has 122 valence electrons. The number of carbonyl (C=O) groups excluding carboxylic acids is 1. The fourth-order valence-corrected chi connectivity index (χ4v) is 2.51. The van der Waals surface area contributed by atoms with Crippen LogP contribution in [-0.2, 0) is 16.1 Å². The first-order valence-corrected chi connectivity index (χ1v) is 7.96. The van der Waals surface area contributed by atoms with Crippen LogP contribution in [0.15, 0.2) is 18.3 Å². The number of aromatic nitrogens is 1. The maximum atomic E-state index is 11.7. The Morgan fingerprint density at radius 3 is 2.95 bits per heavy atom. The Hall–Kier alpha value is -1.66. The van der Waals surface area contributed by atoms with E-state index < -0.39 is 0 Å². The number of nitrogens with one attached hydrogen (secondary N) is 2. The van der Waals surface area contributed by atoms with Gasteiger partial charge in [0.15, 0.2) is 0 Å². The first-order chi connectivity index (χ1) is 10.8. The van der Waals surface area contributed by atoms with Crippen LogP contribution in [0.3, 0.4) is 0 Å². The van der Waals surface area contributed by atoms with Crippen molar-refractivity contribution in [2.24, 2.45) is 0 Å². The highest BCUT2D eigenvalue weighted by atomic mass is 16.5. The van der Waals surface area contributed by atoms with Crippen molar-refractivity contribution in [3.8, 4) is 0 Å². The molecular formula is C16H26N4O2. The van der Waals surface area contributed by atoms with Crippen molar-refractivity contribution in [3.63, 3.8) is 0 Å². The Kier molecular flexibility index (Phi) is 7.12. The van der Waals surface area contributed by atoms with Gasteiger partial charge >= 0.3 is 0 Å². The van der Waals surface area contributed by atoms with Crippen LogP contribution in [0.1, 0.15) is 24.8 Å². The van der Waals surface area contributed by atoms with Crippen LogP contribution in [-0.4, -0.2) is 50.8 Å². The zero-order valence-electron chi connectivity index (χ0n) is 13.3. The molecule has 0 atom stereocenters. The van der Waals surface area contributed by atoms with Crippen molar-refractivity contribution < 1.29 is 9.53 Å². The van der Waals surface area contributed by atoms with E-state index in [-0.39, 0.29) is 5.91 Å². The highest BCUT2D eigenvalue weighted by Crippen LogP contribution is 2.18. The molecule has 0 spiro atoms. The lowest BCUT2D eigenvalue weighted by Gasteiger charge is -2.27. The summed E-state index contributed by atoms with van der Waals surface area (Å²) in [6, 6.07) is 4.02. The van der Waals surface area contributed by atoms with Crippen LogP contribution in [0.5, 0.6) is 0 Å². The maximum Gasteiger partial charge on any atom is 0.234 e. The summed E-state index contributed by atoms with van der Waals surface area (Å²) in [6.45, 7) is 4.29. The highest BCUT2D eigenvalue weighted by Gasteiger charge is 2.12. The topological polar surface area (TPSA) is 66.5 Å². The molecule has 6 nitrogen and oxygen atoms in total. The molecule has 1 aromatic rings. The molecule has 0 aromatic carbocycles. The second-order valence-electron chi connectivity index (χ2n) is 5.52. The van der Waals surface area contributed by atoms with Gasteiger partial charge in [-0.1, -0.05) is 0 Å². The van der Waals surface area contributed by atoms with Gasteiger partial charge in [0.1, 0.15) is 5.82 Å². The number of carbonyl (C=O) groups is 1. The Morgan fingerprint density at radius 1 is 1.36 bits per heavy atom. The summed E-state index contributed by atoms with van der Waals surface area (Å²) in [5, 5.41) is 5.95. The van der Waals surface area contributed by atoms with Gasteiger partial charge in [-0.2, -0.15) is 0 Å². The SMILES string of the molecule is COCCNCC(=O)NCc1ccnc(N2CCCCC2)c1. The second kappa shape index (κ2) is 9.38. The maximum absolute atomic E-state index is 11.7. The number of piperidine rings is 1. The molecule has 2 N–H and O–H groups in total. The number of amides is 1. The number of hydrogen-bond donors (Lipinski definition) is 2. The van der Waals surface area contributed by atoms with Gasteiger partial charge < -0.3 is 20.3 Å². The summed E-state index contributed by atoms with van der Waals surface area (Å²) in [7, 11) is 1.64. The molecular weight excluding hydrogens is 280 g/mol. The Bertz CT molecular complexity index is 461. The third-order valence-corrected chi connectivity index (χ3v) is 3.75. The Morgan fingerprint density at radius 2 is 2.18 bits per heavy atom. The molecule has 0 bridgehead atoms. The fourth-order valence-electron chi connectivity index (χ4n) is 2.51. The van der Waals surface area contributed by atoms with Gasteiger partial charge in [-0.25, -0.2) is 4.98 Å². The highest BCUT2D eigenvalue weighted by molar-refractivity contribution is 5.77. The van der Waals surface area contributed by atoms with E-state index in [2.05, 4.69) is 26.6 Å². The molecule has 0 radical (unpaired) electrons. The van der Waals surface area contributed by atoms with Crippen LogP contribution in [0, 0.1) is 0 Å². The quantitative estimate of drug-likeness (QED) is 0.699. The normalized spacial score (nSPS) is 14.9. The molecule has 1 aliphatic heterocycles. The van der Waals surface area contributed by atoms with E-state index in [9.17, 15) is 4.79 Å². The lowest BCUT2D eigenvalue weighted by atomic mass is 10.1. The van der Waals surface area contributed by atoms with Crippen LogP contribution < -0.4 is 15.5 Å². The van der Waals surface area contributed by atoms with Gasteiger partial charge in [-0.15, -0.1) is 0 Å². The van der Waals surface area contributed by atoms with E-state index in [1.54, 1.807) is 7.11 Å². The summed E-state index contributed by atoms with van der Waals surface area (Å²) in [4.78, 5) is 18.5. The van der Waals surface area contributed by atoms with Crippen molar-refractivity contribution >= 4 is 11.7 Å². The van der Waals surface area contributed by atoms with Gasteiger partial charge in [-0.05, 0) is 37.0 Å². The van der Waals surface area contributed by atoms with E-state index in [1.165, 1.54) is 19.3 Å². The van der Waals surface area contributed by atoms with Crippen molar-refractivity contribution in [2.45, 2.75) is 25.8 Å². The second-order valence-corrected chi connectivity index (χ2v) is 5.52. The lowest BCUT2D eigenvalue weighted by molar-refractivity contribution is -0.120. The van der Waals surface area contributed by atoms with E-state index in [4.69, 9.17) is 4.74 Å². The van der Waals surface area contributed by atoms with Gasteiger partial charge in [0.2, 0.25) is 5.91 Å². The average molecular weight is 306 g/mol. The number of methoxy groups -OCH3 is 1.